The van der Waals surface area contributed by atoms with E-state index in [0.717, 1.165) is 0 Å². The molecular weight excluding hydrogens is 222 g/mol. The minimum atomic E-state index is -0.423. The molecule has 1 aromatic rings. The monoisotopic (exact) mass is 239 g/mol. The fourth-order valence-corrected chi connectivity index (χ4v) is 1.37. The number of hydrogen-bond acceptors (Lipinski definition) is 5. The van der Waals surface area contributed by atoms with Gasteiger partial charge >= 0.3 is 5.69 Å². The van der Waals surface area contributed by atoms with Crippen LogP contribution in [-0.2, 0) is 4.74 Å². The van der Waals surface area contributed by atoms with Gasteiger partial charge in [-0.15, -0.1) is 0 Å². The first-order valence-corrected chi connectivity index (χ1v) is 5.48. The van der Waals surface area contributed by atoms with Crippen molar-refractivity contribution in [3.63, 3.8) is 0 Å². The molecule has 0 spiro atoms. The molecule has 17 heavy (non-hydrogen) atoms. The molecule has 94 valence electrons. The van der Waals surface area contributed by atoms with E-state index in [1.54, 1.807) is 19.2 Å². The van der Waals surface area contributed by atoms with Crippen molar-refractivity contribution >= 4 is 11.5 Å². The highest BCUT2D eigenvalue weighted by Crippen LogP contribution is 2.24. The summed E-state index contributed by atoms with van der Waals surface area (Å²) in [4.78, 5) is 14.4. The van der Waals surface area contributed by atoms with Crippen molar-refractivity contribution in [2.45, 2.75) is 26.9 Å². The largest absolute Gasteiger partial charge is 0.377 e. The average Bonchev–Trinajstić information content (AvgIpc) is 2.23. The van der Waals surface area contributed by atoms with Crippen LogP contribution in [0.4, 0.5) is 11.5 Å². The number of rotatable bonds is 6. The molecule has 0 radical (unpaired) electrons. The Morgan fingerprint density at radius 1 is 1.59 bits per heavy atom. The van der Waals surface area contributed by atoms with E-state index < -0.39 is 4.92 Å². The zero-order chi connectivity index (χ0) is 12.8. The Bertz CT molecular complexity index is 394. The van der Waals surface area contributed by atoms with Crippen LogP contribution < -0.4 is 5.32 Å². The molecule has 6 heteroatoms. The van der Waals surface area contributed by atoms with Gasteiger partial charge in [-0.3, -0.25) is 10.1 Å². The molecule has 0 aliphatic carbocycles. The van der Waals surface area contributed by atoms with Crippen molar-refractivity contribution < 1.29 is 9.66 Å². The molecule has 0 saturated heterocycles. The Labute approximate surface area is 100 Å². The van der Waals surface area contributed by atoms with Crippen molar-refractivity contribution in [3.8, 4) is 0 Å². The predicted molar refractivity (Wildman–Crippen MR) is 65.2 cm³/mol. The fraction of sp³-hybridized carbons (Fsp3) is 0.545. The van der Waals surface area contributed by atoms with E-state index in [1.165, 1.54) is 0 Å². The predicted octanol–water partition coefficient (Wildman–Crippen LogP) is 2.14. The Hall–Kier alpha value is -1.69. The summed E-state index contributed by atoms with van der Waals surface area (Å²) in [7, 11) is 0. The molecule has 0 aliphatic heterocycles. The fourth-order valence-electron chi connectivity index (χ4n) is 1.37. The molecule has 1 aromatic heterocycles. The number of aryl methyl sites for hydroxylation is 1. The first-order chi connectivity index (χ1) is 8.02. The number of anilines is 1. The van der Waals surface area contributed by atoms with Gasteiger partial charge in [0.05, 0.1) is 17.6 Å². The number of ether oxygens (including phenoxy) is 1. The number of nitrogens with zero attached hydrogens (tertiary/aromatic N) is 2. The van der Waals surface area contributed by atoms with Crippen LogP contribution in [0.3, 0.4) is 0 Å². The van der Waals surface area contributed by atoms with Crippen LogP contribution in [0.2, 0.25) is 0 Å². The molecule has 6 nitrogen and oxygen atoms in total. The van der Waals surface area contributed by atoms with Crippen molar-refractivity contribution in [1.29, 1.82) is 0 Å². The van der Waals surface area contributed by atoms with Gasteiger partial charge in [0, 0.05) is 18.3 Å². The summed E-state index contributed by atoms with van der Waals surface area (Å²) in [5.74, 6) is 0.294. The molecule has 0 aromatic carbocycles. The van der Waals surface area contributed by atoms with Crippen molar-refractivity contribution in [2.75, 3.05) is 18.5 Å². The summed E-state index contributed by atoms with van der Waals surface area (Å²) in [6, 6.07) is 1.62. The van der Waals surface area contributed by atoms with Crippen LogP contribution in [0.25, 0.3) is 0 Å². The van der Waals surface area contributed by atoms with Gasteiger partial charge in [0.25, 0.3) is 0 Å². The lowest BCUT2D eigenvalue weighted by molar-refractivity contribution is -0.384. The highest BCUT2D eigenvalue weighted by molar-refractivity contribution is 5.59. The molecule has 0 fully saturated rings. The van der Waals surface area contributed by atoms with E-state index in [0.29, 0.717) is 24.5 Å². The molecule has 1 heterocycles. The number of pyridine rings is 1. The molecule has 0 amide bonds. The van der Waals surface area contributed by atoms with Gasteiger partial charge in [0.1, 0.15) is 0 Å². The van der Waals surface area contributed by atoms with Crippen LogP contribution in [0.1, 0.15) is 19.4 Å². The lowest BCUT2D eigenvalue weighted by Gasteiger charge is -2.09. The van der Waals surface area contributed by atoms with Crippen LogP contribution in [0, 0.1) is 17.0 Å². The highest BCUT2D eigenvalue weighted by Gasteiger charge is 2.17. The first kappa shape index (κ1) is 13.4. The third kappa shape index (κ3) is 3.99. The Kier molecular flexibility index (Phi) is 4.84. The molecule has 0 unspecified atom stereocenters. The molecular formula is C11H17N3O3. The quantitative estimate of drug-likeness (QED) is 0.467. The van der Waals surface area contributed by atoms with E-state index in [2.05, 4.69) is 10.3 Å². The van der Waals surface area contributed by atoms with E-state index in [1.807, 2.05) is 13.8 Å². The first-order valence-electron chi connectivity index (χ1n) is 5.48. The second-order valence-corrected chi connectivity index (χ2v) is 3.93. The summed E-state index contributed by atoms with van der Waals surface area (Å²) in [6.45, 7) is 6.55. The summed E-state index contributed by atoms with van der Waals surface area (Å²) < 4.78 is 5.33. The lowest BCUT2D eigenvalue weighted by Crippen LogP contribution is -2.14. The maximum Gasteiger partial charge on any atom is 0.314 e. The van der Waals surface area contributed by atoms with Crippen LogP contribution in [-0.4, -0.2) is 29.2 Å². The SMILES string of the molecule is Cc1ccnc(NCCOC(C)C)c1[N+](=O)[O-]. The molecule has 0 aliphatic rings. The topological polar surface area (TPSA) is 77.3 Å². The van der Waals surface area contributed by atoms with Crippen LogP contribution in [0.15, 0.2) is 12.3 Å². The van der Waals surface area contributed by atoms with Gasteiger partial charge < -0.3 is 10.1 Å². The van der Waals surface area contributed by atoms with E-state index in [-0.39, 0.29) is 11.8 Å². The third-order valence-corrected chi connectivity index (χ3v) is 2.15. The second kappa shape index (κ2) is 6.15. The summed E-state index contributed by atoms with van der Waals surface area (Å²) in [6.07, 6.45) is 1.70. The second-order valence-electron chi connectivity index (χ2n) is 3.93. The van der Waals surface area contributed by atoms with E-state index in [4.69, 9.17) is 4.74 Å². The van der Waals surface area contributed by atoms with Gasteiger partial charge in [-0.1, -0.05) is 0 Å². The van der Waals surface area contributed by atoms with Gasteiger partial charge in [0.2, 0.25) is 5.82 Å². The van der Waals surface area contributed by atoms with Gasteiger partial charge in [-0.05, 0) is 26.8 Å². The molecule has 0 atom stereocenters. The van der Waals surface area contributed by atoms with E-state index >= 15 is 0 Å². The standard InChI is InChI=1S/C11H17N3O3/c1-8(2)17-7-6-13-11-10(14(15)16)9(3)4-5-12-11/h4-5,8H,6-7H2,1-3H3,(H,12,13). The zero-order valence-electron chi connectivity index (χ0n) is 10.3. The molecule has 1 rings (SSSR count). The zero-order valence-corrected chi connectivity index (χ0v) is 10.3. The maximum absolute atomic E-state index is 10.9. The maximum atomic E-state index is 10.9. The smallest absolute Gasteiger partial charge is 0.314 e. The van der Waals surface area contributed by atoms with Crippen molar-refractivity contribution in [2.24, 2.45) is 0 Å². The Morgan fingerprint density at radius 3 is 2.88 bits per heavy atom. The Balaban J connectivity index is 2.64. The molecule has 1 N–H and O–H groups in total. The normalized spacial score (nSPS) is 10.6. The van der Waals surface area contributed by atoms with E-state index in [9.17, 15) is 10.1 Å². The number of nitro groups is 1. The number of hydrogen-bond donors (Lipinski definition) is 1. The molecule has 0 saturated carbocycles. The average molecular weight is 239 g/mol. The van der Waals surface area contributed by atoms with Gasteiger partial charge in [0.15, 0.2) is 0 Å². The minimum Gasteiger partial charge on any atom is -0.377 e. The summed E-state index contributed by atoms with van der Waals surface area (Å²) >= 11 is 0. The number of aromatic nitrogens is 1. The van der Waals surface area contributed by atoms with Crippen LogP contribution >= 0.6 is 0 Å². The molecule has 0 bridgehead atoms. The van der Waals surface area contributed by atoms with Gasteiger partial charge in [-0.25, -0.2) is 4.98 Å². The van der Waals surface area contributed by atoms with Crippen molar-refractivity contribution in [1.82, 2.24) is 4.98 Å². The lowest BCUT2D eigenvalue weighted by atomic mass is 10.2. The highest BCUT2D eigenvalue weighted by atomic mass is 16.6. The van der Waals surface area contributed by atoms with Crippen LogP contribution in [0.5, 0.6) is 0 Å². The summed E-state index contributed by atoms with van der Waals surface area (Å²) in [5, 5.41) is 13.8. The van der Waals surface area contributed by atoms with Gasteiger partial charge in [-0.2, -0.15) is 0 Å². The Morgan fingerprint density at radius 2 is 2.29 bits per heavy atom. The minimum absolute atomic E-state index is 0.0250. The third-order valence-electron chi connectivity index (χ3n) is 2.15. The summed E-state index contributed by atoms with van der Waals surface area (Å²) in [5.41, 5.74) is 0.620. The van der Waals surface area contributed by atoms with Crippen molar-refractivity contribution in [3.05, 3.63) is 27.9 Å². The number of nitrogens with one attached hydrogen (secondary N) is 1.